The van der Waals surface area contributed by atoms with Gasteiger partial charge in [-0.15, -0.1) is 0 Å². The fraction of sp³-hybridized carbons (Fsp3) is 0.571. The maximum Gasteiger partial charge on any atom is 0.345 e. The van der Waals surface area contributed by atoms with E-state index >= 15 is 0 Å². The Morgan fingerprint density at radius 2 is 1.81 bits per heavy atom. The van der Waals surface area contributed by atoms with Crippen LogP contribution < -0.4 is 5.69 Å². The number of aryl methyl sites for hydroxylation is 2. The van der Waals surface area contributed by atoms with Gasteiger partial charge in [0.1, 0.15) is 5.82 Å². The highest BCUT2D eigenvalue weighted by atomic mass is 16.2. The Morgan fingerprint density at radius 1 is 1.11 bits per heavy atom. The molecule has 1 amide bonds. The number of carbonyl (C=O) groups is 1. The molecule has 0 bridgehead atoms. The molecule has 27 heavy (non-hydrogen) atoms. The smallest absolute Gasteiger partial charge is 0.339 e. The molecule has 1 saturated carbocycles. The second kappa shape index (κ2) is 7.33. The quantitative estimate of drug-likeness (QED) is 0.837. The van der Waals surface area contributed by atoms with Gasteiger partial charge in [-0.05, 0) is 44.7 Å². The average molecular weight is 368 g/mol. The van der Waals surface area contributed by atoms with Crippen molar-refractivity contribution in [1.82, 2.24) is 19.2 Å². The molecule has 2 aromatic rings. The van der Waals surface area contributed by atoms with Crippen LogP contribution in [0.1, 0.15) is 72.2 Å². The van der Waals surface area contributed by atoms with Gasteiger partial charge in [0.15, 0.2) is 0 Å². The molecule has 2 heterocycles. The normalized spacial score (nSPS) is 19.0. The van der Waals surface area contributed by atoms with Gasteiger partial charge in [-0.25, -0.2) is 9.48 Å². The molecule has 0 unspecified atom stereocenters. The van der Waals surface area contributed by atoms with Crippen LogP contribution in [0.4, 0.5) is 0 Å². The molecule has 144 valence electrons. The van der Waals surface area contributed by atoms with E-state index in [2.05, 4.69) is 5.10 Å². The summed E-state index contributed by atoms with van der Waals surface area (Å²) in [4.78, 5) is 27.3. The van der Waals surface area contributed by atoms with Crippen LogP contribution in [0.15, 0.2) is 29.1 Å². The summed E-state index contributed by atoms with van der Waals surface area (Å²) in [6.07, 6.45) is 6.25. The zero-order valence-electron chi connectivity index (χ0n) is 16.2. The van der Waals surface area contributed by atoms with Gasteiger partial charge in [0, 0.05) is 37.7 Å². The number of hydrogen-bond acceptors (Lipinski definition) is 3. The monoisotopic (exact) mass is 368 g/mol. The highest BCUT2D eigenvalue weighted by Gasteiger charge is 2.31. The van der Waals surface area contributed by atoms with Crippen LogP contribution in [0, 0.1) is 6.92 Å². The van der Waals surface area contributed by atoms with Crippen molar-refractivity contribution in [3.05, 3.63) is 51.7 Å². The number of likely N-dealkylation sites (tertiary alicyclic amines) is 1. The third-order valence-electron chi connectivity index (χ3n) is 6.08. The summed E-state index contributed by atoms with van der Waals surface area (Å²) in [7, 11) is 1.74. The van der Waals surface area contributed by atoms with Crippen molar-refractivity contribution in [2.45, 2.75) is 57.4 Å². The van der Waals surface area contributed by atoms with E-state index in [9.17, 15) is 9.59 Å². The van der Waals surface area contributed by atoms with Crippen molar-refractivity contribution in [3.63, 3.8) is 0 Å². The number of piperidine rings is 1. The fourth-order valence-corrected chi connectivity index (χ4v) is 4.58. The lowest BCUT2D eigenvalue weighted by Crippen LogP contribution is -2.38. The lowest BCUT2D eigenvalue weighted by Gasteiger charge is -2.32. The number of rotatable bonds is 3. The molecular formula is C21H28N4O2. The predicted molar refractivity (Wildman–Crippen MR) is 104 cm³/mol. The highest BCUT2D eigenvalue weighted by molar-refractivity contribution is 5.94. The summed E-state index contributed by atoms with van der Waals surface area (Å²) in [6.45, 7) is 3.44. The molecule has 1 aromatic heterocycles. The van der Waals surface area contributed by atoms with Gasteiger partial charge in [0.2, 0.25) is 0 Å². The van der Waals surface area contributed by atoms with Gasteiger partial charge in [-0.3, -0.25) is 9.36 Å². The SMILES string of the molecule is Cc1cccc(C(=O)N2CCC(c3nn(C)c(=O)n3C3CCCC3)CC2)c1. The Kier molecular flexibility index (Phi) is 4.89. The van der Waals surface area contributed by atoms with Crippen LogP contribution in [-0.2, 0) is 7.05 Å². The molecule has 2 aliphatic rings. The topological polar surface area (TPSA) is 60.1 Å². The van der Waals surface area contributed by atoms with E-state index < -0.39 is 0 Å². The van der Waals surface area contributed by atoms with Crippen molar-refractivity contribution in [2.75, 3.05) is 13.1 Å². The number of amides is 1. The number of benzene rings is 1. The van der Waals surface area contributed by atoms with Crippen LogP contribution in [0.3, 0.4) is 0 Å². The van der Waals surface area contributed by atoms with Crippen LogP contribution in [0.5, 0.6) is 0 Å². The number of hydrogen-bond donors (Lipinski definition) is 0. The highest BCUT2D eigenvalue weighted by Crippen LogP contribution is 2.33. The van der Waals surface area contributed by atoms with E-state index in [1.807, 2.05) is 40.7 Å². The molecule has 1 saturated heterocycles. The second-order valence-electron chi connectivity index (χ2n) is 8.01. The standard InChI is InChI=1S/C21H28N4O2/c1-15-6-5-7-17(14-15)20(26)24-12-10-16(11-13-24)19-22-23(2)21(27)25(19)18-8-3-4-9-18/h5-7,14,16,18H,3-4,8-13H2,1-2H3. The molecule has 0 radical (unpaired) electrons. The first-order chi connectivity index (χ1) is 13.0. The number of carbonyl (C=O) groups excluding carboxylic acids is 1. The van der Waals surface area contributed by atoms with Crippen LogP contribution in [-0.4, -0.2) is 38.2 Å². The van der Waals surface area contributed by atoms with Crippen molar-refractivity contribution in [3.8, 4) is 0 Å². The molecule has 0 atom stereocenters. The maximum absolute atomic E-state index is 12.8. The molecular weight excluding hydrogens is 340 g/mol. The minimum Gasteiger partial charge on any atom is -0.339 e. The zero-order valence-corrected chi connectivity index (χ0v) is 16.2. The maximum atomic E-state index is 12.8. The van der Waals surface area contributed by atoms with Gasteiger partial charge < -0.3 is 4.90 Å². The summed E-state index contributed by atoms with van der Waals surface area (Å²) >= 11 is 0. The Labute approximate surface area is 159 Å². The van der Waals surface area contributed by atoms with E-state index in [0.717, 1.165) is 42.6 Å². The second-order valence-corrected chi connectivity index (χ2v) is 8.01. The molecule has 1 aromatic carbocycles. The van der Waals surface area contributed by atoms with Gasteiger partial charge >= 0.3 is 5.69 Å². The summed E-state index contributed by atoms with van der Waals surface area (Å²) in [5.41, 5.74) is 1.87. The molecule has 0 N–H and O–H groups in total. The number of aromatic nitrogens is 3. The third-order valence-corrected chi connectivity index (χ3v) is 6.08. The van der Waals surface area contributed by atoms with E-state index in [0.29, 0.717) is 19.1 Å². The van der Waals surface area contributed by atoms with Crippen molar-refractivity contribution in [2.24, 2.45) is 7.05 Å². The summed E-state index contributed by atoms with van der Waals surface area (Å²) in [6, 6.07) is 8.08. The van der Waals surface area contributed by atoms with Gasteiger partial charge in [0.05, 0.1) is 0 Å². The molecule has 0 spiro atoms. The van der Waals surface area contributed by atoms with Crippen LogP contribution >= 0.6 is 0 Å². The first kappa shape index (κ1) is 18.0. The van der Waals surface area contributed by atoms with Gasteiger partial charge in [0.25, 0.3) is 5.91 Å². The van der Waals surface area contributed by atoms with Crippen LogP contribution in [0.2, 0.25) is 0 Å². The lowest BCUT2D eigenvalue weighted by molar-refractivity contribution is 0.0709. The Hall–Kier alpha value is -2.37. The van der Waals surface area contributed by atoms with E-state index in [1.54, 1.807) is 7.05 Å². The van der Waals surface area contributed by atoms with Crippen molar-refractivity contribution < 1.29 is 4.79 Å². The Bertz CT molecular complexity index is 884. The third kappa shape index (κ3) is 3.45. The number of nitrogens with zero attached hydrogens (tertiary/aromatic N) is 4. The average Bonchev–Trinajstić information content (AvgIpc) is 3.30. The van der Waals surface area contributed by atoms with E-state index in [4.69, 9.17) is 0 Å². The van der Waals surface area contributed by atoms with Crippen molar-refractivity contribution >= 4 is 5.91 Å². The minimum atomic E-state index is 0.00941. The van der Waals surface area contributed by atoms with E-state index in [-0.39, 0.29) is 17.5 Å². The zero-order chi connectivity index (χ0) is 19.0. The fourth-order valence-electron chi connectivity index (χ4n) is 4.58. The first-order valence-electron chi connectivity index (χ1n) is 10.1. The Morgan fingerprint density at radius 3 is 2.48 bits per heavy atom. The lowest BCUT2D eigenvalue weighted by atomic mass is 9.95. The van der Waals surface area contributed by atoms with Crippen molar-refractivity contribution in [1.29, 1.82) is 0 Å². The molecule has 1 aliphatic heterocycles. The van der Waals surface area contributed by atoms with Crippen LogP contribution in [0.25, 0.3) is 0 Å². The van der Waals surface area contributed by atoms with E-state index in [1.165, 1.54) is 17.5 Å². The predicted octanol–water partition coefficient (Wildman–Crippen LogP) is 3.03. The molecule has 1 aliphatic carbocycles. The summed E-state index contributed by atoms with van der Waals surface area (Å²) in [5, 5.41) is 4.58. The van der Waals surface area contributed by atoms with Gasteiger partial charge in [-0.1, -0.05) is 30.5 Å². The van der Waals surface area contributed by atoms with Gasteiger partial charge in [-0.2, -0.15) is 5.10 Å². The molecule has 4 rings (SSSR count). The molecule has 6 heteroatoms. The summed E-state index contributed by atoms with van der Waals surface area (Å²) in [5.74, 6) is 1.28. The Balaban J connectivity index is 1.49. The summed E-state index contributed by atoms with van der Waals surface area (Å²) < 4.78 is 3.44. The first-order valence-corrected chi connectivity index (χ1v) is 10.1. The molecule has 6 nitrogen and oxygen atoms in total. The largest absolute Gasteiger partial charge is 0.345 e. The molecule has 2 fully saturated rings. The minimum absolute atomic E-state index is 0.00941.